The molecule has 6 nitrogen and oxygen atoms in total. The highest BCUT2D eigenvalue weighted by Crippen LogP contribution is 2.18. The number of hydrogen-bond acceptors (Lipinski definition) is 5. The van der Waals surface area contributed by atoms with Crippen molar-refractivity contribution in [2.24, 2.45) is 0 Å². The number of nitrogens with one attached hydrogen (secondary N) is 1. The Labute approximate surface area is 151 Å². The van der Waals surface area contributed by atoms with Gasteiger partial charge in [0, 0.05) is 36.6 Å². The van der Waals surface area contributed by atoms with E-state index < -0.39 is 0 Å². The molecule has 0 saturated heterocycles. The number of H-pyrrole nitrogens is 1. The van der Waals surface area contributed by atoms with Gasteiger partial charge in [-0.15, -0.1) is 0 Å². The Morgan fingerprint density at radius 2 is 2.04 bits per heavy atom. The zero-order chi connectivity index (χ0) is 18.7. The number of hydrogen-bond donors (Lipinski definition) is 1. The lowest BCUT2D eigenvalue weighted by Gasteiger charge is -2.18. The molecule has 1 aromatic carbocycles. The molecule has 0 unspecified atom stereocenters. The van der Waals surface area contributed by atoms with Crippen LogP contribution in [0.5, 0.6) is 0 Å². The van der Waals surface area contributed by atoms with Gasteiger partial charge < -0.3 is 9.88 Å². The van der Waals surface area contributed by atoms with Crippen LogP contribution >= 0.6 is 0 Å². The van der Waals surface area contributed by atoms with E-state index in [0.29, 0.717) is 29.2 Å². The Morgan fingerprint density at radius 1 is 1.23 bits per heavy atom. The Morgan fingerprint density at radius 3 is 2.69 bits per heavy atom. The molecule has 3 aromatic rings. The standard InChI is InChI=1S/C20H19N5O/c1-13-14(2)23-19(24-20(13)26)17-7-8-18(22-11-17)25(3)12-16-6-4-5-15(9-16)10-21/h4-9,11H,12H2,1-3H3,(H,23,24,26). The minimum atomic E-state index is -0.133. The summed E-state index contributed by atoms with van der Waals surface area (Å²) in [4.78, 5) is 25.6. The van der Waals surface area contributed by atoms with Crippen molar-refractivity contribution in [2.75, 3.05) is 11.9 Å². The number of nitrogens with zero attached hydrogens (tertiary/aromatic N) is 4. The molecule has 1 N–H and O–H groups in total. The summed E-state index contributed by atoms with van der Waals surface area (Å²) < 4.78 is 0. The zero-order valence-electron chi connectivity index (χ0n) is 14.9. The topological polar surface area (TPSA) is 85.7 Å². The van der Waals surface area contributed by atoms with Crippen molar-refractivity contribution in [1.29, 1.82) is 5.26 Å². The van der Waals surface area contributed by atoms with Gasteiger partial charge in [0.25, 0.3) is 5.56 Å². The third kappa shape index (κ3) is 3.62. The first-order chi connectivity index (χ1) is 12.5. The van der Waals surface area contributed by atoms with Crippen molar-refractivity contribution < 1.29 is 0 Å². The van der Waals surface area contributed by atoms with E-state index in [1.54, 1.807) is 19.2 Å². The van der Waals surface area contributed by atoms with Gasteiger partial charge in [0.15, 0.2) is 0 Å². The normalized spacial score (nSPS) is 10.4. The van der Waals surface area contributed by atoms with E-state index in [1.807, 2.05) is 49.2 Å². The quantitative estimate of drug-likeness (QED) is 0.786. The SMILES string of the molecule is Cc1nc(-c2ccc(N(C)Cc3cccc(C#N)c3)nc2)[nH]c(=O)c1C. The van der Waals surface area contributed by atoms with Crippen LogP contribution in [0.1, 0.15) is 22.4 Å². The molecule has 6 heteroatoms. The summed E-state index contributed by atoms with van der Waals surface area (Å²) in [5, 5.41) is 9.00. The summed E-state index contributed by atoms with van der Waals surface area (Å²) in [5.41, 5.74) is 3.64. The summed E-state index contributed by atoms with van der Waals surface area (Å²) in [5.74, 6) is 1.31. The number of rotatable bonds is 4. The minimum Gasteiger partial charge on any atom is -0.355 e. The average molecular weight is 345 g/mol. The summed E-state index contributed by atoms with van der Waals surface area (Å²) in [6, 6.07) is 13.4. The molecule has 0 fully saturated rings. The fourth-order valence-corrected chi connectivity index (χ4v) is 2.63. The Kier molecular flexibility index (Phi) is 4.81. The van der Waals surface area contributed by atoms with Crippen LogP contribution in [0.4, 0.5) is 5.82 Å². The van der Waals surface area contributed by atoms with Crippen LogP contribution in [-0.4, -0.2) is 22.0 Å². The first kappa shape index (κ1) is 17.4. The van der Waals surface area contributed by atoms with Gasteiger partial charge >= 0.3 is 0 Å². The van der Waals surface area contributed by atoms with Crippen molar-refractivity contribution in [1.82, 2.24) is 15.0 Å². The van der Waals surface area contributed by atoms with Crippen molar-refractivity contribution in [2.45, 2.75) is 20.4 Å². The maximum Gasteiger partial charge on any atom is 0.254 e. The van der Waals surface area contributed by atoms with E-state index in [1.165, 1.54) is 0 Å². The molecule has 0 aliphatic heterocycles. The number of pyridine rings is 1. The first-order valence-corrected chi connectivity index (χ1v) is 8.22. The molecule has 0 bridgehead atoms. The van der Waals surface area contributed by atoms with Crippen LogP contribution < -0.4 is 10.5 Å². The molecule has 2 heterocycles. The maximum absolute atomic E-state index is 11.9. The molecule has 2 aromatic heterocycles. The van der Waals surface area contributed by atoms with Crippen molar-refractivity contribution >= 4 is 5.82 Å². The summed E-state index contributed by atoms with van der Waals surface area (Å²) >= 11 is 0. The highest BCUT2D eigenvalue weighted by Gasteiger charge is 2.08. The molecule has 0 spiro atoms. The van der Waals surface area contributed by atoms with Gasteiger partial charge in [0.1, 0.15) is 11.6 Å². The molecule has 0 radical (unpaired) electrons. The van der Waals surface area contributed by atoms with E-state index in [0.717, 1.165) is 16.9 Å². The van der Waals surface area contributed by atoms with Crippen molar-refractivity contribution in [3.05, 3.63) is 75.3 Å². The number of benzene rings is 1. The Balaban J connectivity index is 1.81. The molecule has 0 atom stereocenters. The third-order valence-electron chi connectivity index (χ3n) is 4.28. The van der Waals surface area contributed by atoms with Crippen LogP contribution in [-0.2, 0) is 6.54 Å². The predicted molar refractivity (Wildman–Crippen MR) is 101 cm³/mol. The van der Waals surface area contributed by atoms with Crippen LogP contribution in [0.25, 0.3) is 11.4 Å². The largest absolute Gasteiger partial charge is 0.355 e. The highest BCUT2D eigenvalue weighted by molar-refractivity contribution is 5.56. The van der Waals surface area contributed by atoms with E-state index in [2.05, 4.69) is 21.0 Å². The maximum atomic E-state index is 11.9. The molecular formula is C20H19N5O. The molecule has 26 heavy (non-hydrogen) atoms. The molecule has 130 valence electrons. The van der Waals surface area contributed by atoms with E-state index in [-0.39, 0.29) is 5.56 Å². The second-order valence-corrected chi connectivity index (χ2v) is 6.20. The number of aryl methyl sites for hydroxylation is 1. The number of aromatic amines is 1. The zero-order valence-corrected chi connectivity index (χ0v) is 14.9. The van der Waals surface area contributed by atoms with Gasteiger partial charge in [-0.25, -0.2) is 9.97 Å². The summed E-state index contributed by atoms with van der Waals surface area (Å²) in [7, 11) is 1.94. The highest BCUT2D eigenvalue weighted by atomic mass is 16.1. The summed E-state index contributed by atoms with van der Waals surface area (Å²) in [6.45, 7) is 4.21. The molecular weight excluding hydrogens is 326 g/mol. The van der Waals surface area contributed by atoms with Crippen LogP contribution in [0.3, 0.4) is 0 Å². The third-order valence-corrected chi connectivity index (χ3v) is 4.28. The smallest absolute Gasteiger partial charge is 0.254 e. The molecule has 0 saturated carbocycles. The van der Waals surface area contributed by atoms with Gasteiger partial charge in [-0.05, 0) is 43.7 Å². The Hall–Kier alpha value is -3.46. The number of aromatic nitrogens is 3. The predicted octanol–water partition coefficient (Wildman–Crippen LogP) is 2.96. The van der Waals surface area contributed by atoms with E-state index in [9.17, 15) is 4.79 Å². The lowest BCUT2D eigenvalue weighted by molar-refractivity contribution is 0.897. The lowest BCUT2D eigenvalue weighted by atomic mass is 10.1. The minimum absolute atomic E-state index is 0.133. The molecule has 0 amide bonds. The van der Waals surface area contributed by atoms with E-state index >= 15 is 0 Å². The number of anilines is 1. The van der Waals surface area contributed by atoms with E-state index in [4.69, 9.17) is 5.26 Å². The van der Waals surface area contributed by atoms with Gasteiger partial charge in [-0.3, -0.25) is 4.79 Å². The second-order valence-electron chi connectivity index (χ2n) is 6.20. The first-order valence-electron chi connectivity index (χ1n) is 8.22. The Bertz CT molecular complexity index is 1030. The average Bonchev–Trinajstić information content (AvgIpc) is 2.66. The van der Waals surface area contributed by atoms with Gasteiger partial charge in [-0.2, -0.15) is 5.26 Å². The molecule has 3 rings (SSSR count). The van der Waals surface area contributed by atoms with Gasteiger partial charge in [0.2, 0.25) is 0 Å². The summed E-state index contributed by atoms with van der Waals surface area (Å²) in [6.07, 6.45) is 1.70. The molecule has 0 aliphatic carbocycles. The van der Waals surface area contributed by atoms with Crippen molar-refractivity contribution in [3.63, 3.8) is 0 Å². The van der Waals surface area contributed by atoms with Crippen LogP contribution in [0, 0.1) is 25.2 Å². The van der Waals surface area contributed by atoms with Crippen molar-refractivity contribution in [3.8, 4) is 17.5 Å². The second kappa shape index (κ2) is 7.19. The lowest BCUT2D eigenvalue weighted by Crippen LogP contribution is -2.18. The van der Waals surface area contributed by atoms with Crippen LogP contribution in [0.2, 0.25) is 0 Å². The fraction of sp³-hybridized carbons (Fsp3) is 0.200. The van der Waals surface area contributed by atoms with Gasteiger partial charge in [0.05, 0.1) is 11.6 Å². The van der Waals surface area contributed by atoms with Crippen LogP contribution in [0.15, 0.2) is 47.4 Å². The number of nitriles is 1. The van der Waals surface area contributed by atoms with Gasteiger partial charge in [-0.1, -0.05) is 12.1 Å². The monoisotopic (exact) mass is 345 g/mol. The fourth-order valence-electron chi connectivity index (χ4n) is 2.63. The molecule has 0 aliphatic rings.